The number of aromatic nitrogens is 2. The molecule has 2 aromatic carbocycles. The molecule has 0 amide bonds. The van der Waals surface area contributed by atoms with E-state index in [1.54, 1.807) is 12.3 Å². The Morgan fingerprint density at radius 3 is 2.27 bits per heavy atom. The maximum Gasteiger partial charge on any atom is 0.229 e. The normalized spacial score (nSPS) is 11.3. The molecule has 0 saturated heterocycles. The van der Waals surface area contributed by atoms with Crippen molar-refractivity contribution in [2.75, 3.05) is 10.6 Å². The quantitative estimate of drug-likeness (QED) is 0.646. The maximum atomic E-state index is 13.7. The van der Waals surface area contributed by atoms with Crippen molar-refractivity contribution in [2.24, 2.45) is 0 Å². The molecule has 0 atom stereocenters. The molecule has 4 nitrogen and oxygen atoms in total. The van der Waals surface area contributed by atoms with Crippen LogP contribution in [0.2, 0.25) is 0 Å². The van der Waals surface area contributed by atoms with Crippen molar-refractivity contribution in [2.45, 2.75) is 26.2 Å². The van der Waals surface area contributed by atoms with E-state index in [1.165, 1.54) is 17.7 Å². The topological polar surface area (TPSA) is 49.8 Å². The molecule has 0 aliphatic rings. The second-order valence-corrected chi connectivity index (χ2v) is 6.97. The summed E-state index contributed by atoms with van der Waals surface area (Å²) in [4.78, 5) is 8.37. The van der Waals surface area contributed by atoms with Crippen molar-refractivity contribution < 1.29 is 8.78 Å². The minimum atomic E-state index is -0.704. The highest BCUT2D eigenvalue weighted by Gasteiger charge is 2.13. The average Bonchev–Trinajstić information content (AvgIpc) is 2.57. The van der Waals surface area contributed by atoms with Crippen LogP contribution in [0.5, 0.6) is 0 Å². The van der Waals surface area contributed by atoms with Gasteiger partial charge < -0.3 is 10.6 Å². The summed E-state index contributed by atoms with van der Waals surface area (Å²) in [5.41, 5.74) is 2.32. The van der Waals surface area contributed by atoms with E-state index in [2.05, 4.69) is 53.5 Å². The smallest absolute Gasteiger partial charge is 0.229 e. The molecule has 0 fully saturated rings. The third kappa shape index (κ3) is 4.33. The van der Waals surface area contributed by atoms with Gasteiger partial charge in [-0.15, -0.1) is 0 Å². The Hall–Kier alpha value is -3.02. The Balaban J connectivity index is 1.75. The average molecular weight is 354 g/mol. The Morgan fingerprint density at radius 1 is 0.885 bits per heavy atom. The predicted octanol–water partition coefficient (Wildman–Crippen LogP) is 5.54. The first-order chi connectivity index (χ1) is 12.3. The largest absolute Gasteiger partial charge is 0.340 e. The summed E-state index contributed by atoms with van der Waals surface area (Å²) in [6, 6.07) is 13.1. The van der Waals surface area contributed by atoms with Crippen molar-refractivity contribution >= 4 is 23.1 Å². The molecule has 0 spiro atoms. The maximum absolute atomic E-state index is 13.7. The Bertz CT molecular complexity index is 902. The second-order valence-electron chi connectivity index (χ2n) is 6.97. The van der Waals surface area contributed by atoms with Gasteiger partial charge in [-0.25, -0.2) is 13.8 Å². The first kappa shape index (κ1) is 17.8. The van der Waals surface area contributed by atoms with Gasteiger partial charge in [0.25, 0.3) is 0 Å². The summed E-state index contributed by atoms with van der Waals surface area (Å²) >= 11 is 0. The molecular weight excluding hydrogens is 334 g/mol. The van der Waals surface area contributed by atoms with Gasteiger partial charge >= 0.3 is 0 Å². The molecule has 0 aliphatic carbocycles. The van der Waals surface area contributed by atoms with Crippen molar-refractivity contribution in [3.8, 4) is 0 Å². The summed E-state index contributed by atoms with van der Waals surface area (Å²) in [6.07, 6.45) is 1.56. The van der Waals surface area contributed by atoms with E-state index >= 15 is 0 Å². The molecule has 3 rings (SSSR count). The van der Waals surface area contributed by atoms with Gasteiger partial charge in [0.05, 0.1) is 5.69 Å². The van der Waals surface area contributed by atoms with E-state index in [1.807, 2.05) is 12.1 Å². The fraction of sp³-hybridized carbons (Fsp3) is 0.200. The number of rotatable bonds is 4. The SMILES string of the molecule is CC(C)(C)c1ccc(Nc2ccnc(Nc3ccc(F)cc3F)n2)cc1. The molecule has 3 aromatic rings. The Morgan fingerprint density at radius 2 is 1.62 bits per heavy atom. The molecule has 0 bridgehead atoms. The van der Waals surface area contributed by atoms with Crippen molar-refractivity contribution in [1.29, 1.82) is 0 Å². The van der Waals surface area contributed by atoms with Crippen LogP contribution in [0.1, 0.15) is 26.3 Å². The molecule has 26 heavy (non-hydrogen) atoms. The van der Waals surface area contributed by atoms with Crippen LogP contribution in [0, 0.1) is 11.6 Å². The highest BCUT2D eigenvalue weighted by molar-refractivity contribution is 5.60. The van der Waals surface area contributed by atoms with Crippen molar-refractivity contribution in [3.63, 3.8) is 0 Å². The molecule has 1 aromatic heterocycles. The standard InChI is InChI=1S/C20H20F2N4/c1-20(2,3)13-4-7-15(8-5-13)24-18-10-11-23-19(26-18)25-17-9-6-14(21)12-16(17)22/h4-12H,1-3H3,(H2,23,24,25,26). The van der Waals surface area contributed by atoms with Crippen LogP contribution in [0.3, 0.4) is 0 Å². The van der Waals surface area contributed by atoms with Gasteiger partial charge in [-0.05, 0) is 41.3 Å². The third-order valence-corrected chi connectivity index (χ3v) is 3.86. The van der Waals surface area contributed by atoms with Crippen LogP contribution >= 0.6 is 0 Å². The monoisotopic (exact) mass is 354 g/mol. The summed E-state index contributed by atoms with van der Waals surface area (Å²) in [5, 5.41) is 5.94. The molecule has 0 aliphatic heterocycles. The van der Waals surface area contributed by atoms with Gasteiger partial charge in [-0.1, -0.05) is 32.9 Å². The van der Waals surface area contributed by atoms with E-state index in [0.29, 0.717) is 5.82 Å². The first-order valence-corrected chi connectivity index (χ1v) is 8.24. The van der Waals surface area contributed by atoms with Gasteiger partial charge in [-0.2, -0.15) is 4.98 Å². The number of hydrogen-bond acceptors (Lipinski definition) is 4. The molecular formula is C20H20F2N4. The minimum Gasteiger partial charge on any atom is -0.340 e. The van der Waals surface area contributed by atoms with Crippen molar-refractivity contribution in [3.05, 3.63) is 71.9 Å². The van der Waals surface area contributed by atoms with Crippen LogP contribution in [-0.2, 0) is 5.41 Å². The van der Waals surface area contributed by atoms with E-state index in [9.17, 15) is 8.78 Å². The number of benzene rings is 2. The second kappa shape index (κ2) is 7.07. The van der Waals surface area contributed by atoms with Crippen LogP contribution in [0.15, 0.2) is 54.7 Å². The molecule has 134 valence electrons. The number of anilines is 4. The summed E-state index contributed by atoms with van der Waals surface area (Å²) in [5.74, 6) is -0.562. The lowest BCUT2D eigenvalue weighted by molar-refractivity contribution is 0.586. The number of nitrogens with zero attached hydrogens (tertiary/aromatic N) is 2. The minimum absolute atomic E-state index is 0.0871. The lowest BCUT2D eigenvalue weighted by atomic mass is 9.87. The molecule has 2 N–H and O–H groups in total. The van der Waals surface area contributed by atoms with Crippen LogP contribution in [0.4, 0.5) is 31.9 Å². The highest BCUT2D eigenvalue weighted by Crippen LogP contribution is 2.25. The van der Waals surface area contributed by atoms with Crippen molar-refractivity contribution in [1.82, 2.24) is 9.97 Å². The van der Waals surface area contributed by atoms with E-state index < -0.39 is 11.6 Å². The zero-order valence-electron chi connectivity index (χ0n) is 14.8. The predicted molar refractivity (Wildman–Crippen MR) is 100 cm³/mol. The van der Waals surface area contributed by atoms with E-state index in [4.69, 9.17) is 0 Å². The lowest BCUT2D eigenvalue weighted by Gasteiger charge is -2.19. The van der Waals surface area contributed by atoms with Gasteiger partial charge in [-0.3, -0.25) is 0 Å². The highest BCUT2D eigenvalue weighted by atomic mass is 19.1. The van der Waals surface area contributed by atoms with Gasteiger partial charge in [0.1, 0.15) is 17.5 Å². The van der Waals surface area contributed by atoms with Crippen LogP contribution in [0.25, 0.3) is 0 Å². The summed E-state index contributed by atoms with van der Waals surface area (Å²) in [6.45, 7) is 6.48. The van der Waals surface area contributed by atoms with Gasteiger partial charge in [0.2, 0.25) is 5.95 Å². The number of hydrogen-bond donors (Lipinski definition) is 2. The molecule has 0 saturated carbocycles. The van der Waals surface area contributed by atoms with Crippen LogP contribution in [-0.4, -0.2) is 9.97 Å². The zero-order valence-corrected chi connectivity index (χ0v) is 14.8. The third-order valence-electron chi connectivity index (χ3n) is 3.86. The molecule has 0 unspecified atom stereocenters. The number of halogens is 2. The molecule has 6 heteroatoms. The zero-order chi connectivity index (χ0) is 18.7. The summed E-state index contributed by atoms with van der Waals surface area (Å²) in [7, 11) is 0. The molecule has 0 radical (unpaired) electrons. The van der Waals surface area contributed by atoms with E-state index in [0.717, 1.165) is 11.8 Å². The van der Waals surface area contributed by atoms with Gasteiger partial charge in [0.15, 0.2) is 0 Å². The fourth-order valence-electron chi connectivity index (χ4n) is 2.40. The lowest BCUT2D eigenvalue weighted by Crippen LogP contribution is -2.10. The fourth-order valence-corrected chi connectivity index (χ4v) is 2.40. The Labute approximate surface area is 151 Å². The van der Waals surface area contributed by atoms with Crippen LogP contribution < -0.4 is 10.6 Å². The summed E-state index contributed by atoms with van der Waals surface area (Å²) < 4.78 is 26.7. The Kier molecular flexibility index (Phi) is 4.84. The van der Waals surface area contributed by atoms with Gasteiger partial charge in [0, 0.05) is 18.0 Å². The molecule has 1 heterocycles. The first-order valence-electron chi connectivity index (χ1n) is 8.24. The van der Waals surface area contributed by atoms with E-state index in [-0.39, 0.29) is 17.1 Å². The number of nitrogens with one attached hydrogen (secondary N) is 2.